The number of ether oxygens (including phenoxy) is 2. The van der Waals surface area contributed by atoms with Crippen LogP contribution in [-0.2, 0) is 14.3 Å². The zero-order chi connectivity index (χ0) is 8.97. The highest BCUT2D eigenvalue weighted by Crippen LogP contribution is 2.16. The summed E-state index contributed by atoms with van der Waals surface area (Å²) in [5.41, 5.74) is 0. The third-order valence-corrected chi connectivity index (χ3v) is 1.69. The molecule has 0 saturated heterocycles. The average molecular weight is 170 g/mol. The van der Waals surface area contributed by atoms with Crippen LogP contribution in [0.2, 0.25) is 0 Å². The number of rotatable bonds is 1. The lowest BCUT2D eigenvalue weighted by Gasteiger charge is -2.16. The second-order valence-electron chi connectivity index (χ2n) is 2.90. The standard InChI is InChI=1S/C9H14O3/c1-7-5-3-4-6-9(11-7)12-8(2)10/h5,9H,3-4,6H2,1-2H3. The second kappa shape index (κ2) is 4.14. The minimum Gasteiger partial charge on any atom is -0.460 e. The topological polar surface area (TPSA) is 35.5 Å². The molecular weight excluding hydrogens is 156 g/mol. The van der Waals surface area contributed by atoms with Crippen LogP contribution in [0.5, 0.6) is 0 Å². The lowest BCUT2D eigenvalue weighted by atomic mass is 10.2. The lowest BCUT2D eigenvalue weighted by molar-refractivity contribution is -0.169. The number of hydrogen-bond donors (Lipinski definition) is 0. The van der Waals surface area contributed by atoms with Crippen molar-refractivity contribution in [2.24, 2.45) is 0 Å². The molecule has 0 bridgehead atoms. The molecule has 0 aliphatic carbocycles. The van der Waals surface area contributed by atoms with Crippen molar-refractivity contribution in [2.75, 3.05) is 0 Å². The molecule has 1 rings (SSSR count). The molecule has 0 amide bonds. The van der Waals surface area contributed by atoms with Gasteiger partial charge < -0.3 is 9.47 Å². The lowest BCUT2D eigenvalue weighted by Crippen LogP contribution is -2.18. The van der Waals surface area contributed by atoms with Crippen LogP contribution in [0.1, 0.15) is 33.1 Å². The van der Waals surface area contributed by atoms with E-state index in [2.05, 4.69) is 0 Å². The second-order valence-corrected chi connectivity index (χ2v) is 2.90. The van der Waals surface area contributed by atoms with E-state index in [1.54, 1.807) is 0 Å². The molecule has 0 aromatic heterocycles. The van der Waals surface area contributed by atoms with E-state index in [0.29, 0.717) is 0 Å². The molecule has 0 saturated carbocycles. The van der Waals surface area contributed by atoms with Crippen molar-refractivity contribution in [3.8, 4) is 0 Å². The fourth-order valence-electron chi connectivity index (χ4n) is 1.17. The fourth-order valence-corrected chi connectivity index (χ4v) is 1.17. The first kappa shape index (κ1) is 9.10. The van der Waals surface area contributed by atoms with E-state index in [4.69, 9.17) is 9.47 Å². The van der Waals surface area contributed by atoms with Gasteiger partial charge in [0, 0.05) is 13.3 Å². The summed E-state index contributed by atoms with van der Waals surface area (Å²) in [5, 5.41) is 0. The highest BCUT2D eigenvalue weighted by molar-refractivity contribution is 5.66. The van der Waals surface area contributed by atoms with Crippen molar-refractivity contribution >= 4 is 5.97 Å². The number of hydrogen-bond acceptors (Lipinski definition) is 3. The fraction of sp³-hybridized carbons (Fsp3) is 0.667. The third-order valence-electron chi connectivity index (χ3n) is 1.69. The summed E-state index contributed by atoms with van der Waals surface area (Å²) in [6.45, 7) is 3.27. The zero-order valence-electron chi connectivity index (χ0n) is 7.50. The summed E-state index contributed by atoms with van der Waals surface area (Å²) in [6.07, 6.45) is 4.44. The highest BCUT2D eigenvalue weighted by atomic mass is 16.7. The van der Waals surface area contributed by atoms with Crippen LogP contribution < -0.4 is 0 Å². The molecule has 0 spiro atoms. The van der Waals surface area contributed by atoms with Crippen LogP contribution >= 0.6 is 0 Å². The van der Waals surface area contributed by atoms with E-state index in [0.717, 1.165) is 25.0 Å². The van der Waals surface area contributed by atoms with Gasteiger partial charge in [0.25, 0.3) is 0 Å². The number of esters is 1. The predicted octanol–water partition coefficient (Wildman–Crippen LogP) is 1.98. The molecule has 1 atom stereocenters. The van der Waals surface area contributed by atoms with E-state index in [9.17, 15) is 4.79 Å². The van der Waals surface area contributed by atoms with Crippen LogP contribution in [0, 0.1) is 0 Å². The number of carbonyl (C=O) groups is 1. The SMILES string of the molecule is CC(=O)OC1CCCC=C(C)O1. The van der Waals surface area contributed by atoms with Crippen LogP contribution in [0.3, 0.4) is 0 Å². The highest BCUT2D eigenvalue weighted by Gasteiger charge is 2.14. The average Bonchev–Trinajstić information content (AvgIpc) is 2.12. The summed E-state index contributed by atoms with van der Waals surface area (Å²) in [4.78, 5) is 10.6. The molecule has 0 N–H and O–H groups in total. The Balaban J connectivity index is 2.44. The van der Waals surface area contributed by atoms with Crippen LogP contribution in [0.4, 0.5) is 0 Å². The van der Waals surface area contributed by atoms with Gasteiger partial charge in [0.15, 0.2) is 0 Å². The van der Waals surface area contributed by atoms with Crippen molar-refractivity contribution in [2.45, 2.75) is 39.4 Å². The Bertz CT molecular complexity index is 196. The Kier molecular flexibility index (Phi) is 3.14. The van der Waals surface area contributed by atoms with Crippen molar-refractivity contribution in [3.63, 3.8) is 0 Å². The number of carbonyl (C=O) groups excluding carboxylic acids is 1. The van der Waals surface area contributed by atoms with E-state index >= 15 is 0 Å². The monoisotopic (exact) mass is 170 g/mol. The van der Waals surface area contributed by atoms with Gasteiger partial charge in [-0.25, -0.2) is 0 Å². The van der Waals surface area contributed by atoms with E-state index < -0.39 is 0 Å². The van der Waals surface area contributed by atoms with Gasteiger partial charge in [0.05, 0.1) is 5.76 Å². The molecule has 3 heteroatoms. The van der Waals surface area contributed by atoms with Gasteiger partial charge in [-0.2, -0.15) is 0 Å². The maximum Gasteiger partial charge on any atom is 0.305 e. The molecule has 0 aromatic carbocycles. The van der Waals surface area contributed by atoms with E-state index in [1.807, 2.05) is 13.0 Å². The molecule has 1 unspecified atom stereocenters. The van der Waals surface area contributed by atoms with Crippen molar-refractivity contribution in [1.82, 2.24) is 0 Å². The molecular formula is C9H14O3. The minimum absolute atomic E-state index is 0.283. The Labute approximate surface area is 72.4 Å². The Hall–Kier alpha value is -0.990. The van der Waals surface area contributed by atoms with Crippen molar-refractivity contribution in [1.29, 1.82) is 0 Å². The molecule has 1 aliphatic heterocycles. The first-order chi connectivity index (χ1) is 5.68. The van der Waals surface area contributed by atoms with Gasteiger partial charge in [0.2, 0.25) is 6.29 Å². The van der Waals surface area contributed by atoms with Crippen molar-refractivity contribution in [3.05, 3.63) is 11.8 Å². The smallest absolute Gasteiger partial charge is 0.305 e. The molecule has 1 aliphatic rings. The normalized spacial score (nSPS) is 23.5. The van der Waals surface area contributed by atoms with Gasteiger partial charge >= 0.3 is 5.97 Å². The first-order valence-corrected chi connectivity index (χ1v) is 4.19. The van der Waals surface area contributed by atoms with E-state index in [-0.39, 0.29) is 12.3 Å². The molecule has 1 heterocycles. The molecule has 68 valence electrons. The largest absolute Gasteiger partial charge is 0.460 e. The van der Waals surface area contributed by atoms with Gasteiger partial charge in [-0.15, -0.1) is 0 Å². The Morgan fingerprint density at radius 2 is 2.50 bits per heavy atom. The van der Waals surface area contributed by atoms with Gasteiger partial charge in [0.1, 0.15) is 0 Å². The molecule has 0 radical (unpaired) electrons. The van der Waals surface area contributed by atoms with Gasteiger partial charge in [-0.3, -0.25) is 4.79 Å². The first-order valence-electron chi connectivity index (χ1n) is 4.19. The minimum atomic E-state index is -0.374. The quantitative estimate of drug-likeness (QED) is 0.564. The number of allylic oxidation sites excluding steroid dienone is 2. The summed E-state index contributed by atoms with van der Waals surface area (Å²) >= 11 is 0. The van der Waals surface area contributed by atoms with Crippen molar-refractivity contribution < 1.29 is 14.3 Å². The van der Waals surface area contributed by atoms with Crippen LogP contribution in [0.25, 0.3) is 0 Å². The molecule has 0 aromatic rings. The maximum absolute atomic E-state index is 10.6. The Morgan fingerprint density at radius 3 is 3.17 bits per heavy atom. The molecule has 0 fully saturated rings. The predicted molar refractivity (Wildman–Crippen MR) is 44.2 cm³/mol. The van der Waals surface area contributed by atoms with Crippen LogP contribution in [-0.4, -0.2) is 12.3 Å². The summed E-state index contributed by atoms with van der Waals surface area (Å²) in [6, 6.07) is 0. The molecule has 12 heavy (non-hydrogen) atoms. The van der Waals surface area contributed by atoms with E-state index in [1.165, 1.54) is 6.92 Å². The zero-order valence-corrected chi connectivity index (χ0v) is 7.50. The van der Waals surface area contributed by atoms with Gasteiger partial charge in [-0.1, -0.05) is 0 Å². The molecule has 3 nitrogen and oxygen atoms in total. The third kappa shape index (κ3) is 2.95. The Morgan fingerprint density at radius 1 is 1.75 bits per heavy atom. The summed E-state index contributed by atoms with van der Waals surface area (Å²) in [7, 11) is 0. The van der Waals surface area contributed by atoms with Gasteiger partial charge in [-0.05, 0) is 25.8 Å². The summed E-state index contributed by atoms with van der Waals surface area (Å²) in [5.74, 6) is 0.563. The van der Waals surface area contributed by atoms with Crippen LogP contribution in [0.15, 0.2) is 11.8 Å². The summed E-state index contributed by atoms with van der Waals surface area (Å²) < 4.78 is 10.3. The maximum atomic E-state index is 10.6.